The van der Waals surface area contributed by atoms with Crippen molar-refractivity contribution in [3.63, 3.8) is 0 Å². The molecule has 0 unspecified atom stereocenters. The molecule has 0 amide bonds. The predicted octanol–water partition coefficient (Wildman–Crippen LogP) is 4.24. The van der Waals surface area contributed by atoms with Crippen LogP contribution in [0.1, 0.15) is 43.2 Å². The topological polar surface area (TPSA) is 77.8 Å². The van der Waals surface area contributed by atoms with Crippen molar-refractivity contribution in [3.8, 4) is 0 Å². The molecule has 2 aromatic carbocycles. The highest BCUT2D eigenvalue weighted by molar-refractivity contribution is 5.92. The van der Waals surface area contributed by atoms with Gasteiger partial charge in [0.1, 0.15) is 5.82 Å². The van der Waals surface area contributed by atoms with Crippen molar-refractivity contribution in [1.29, 1.82) is 0 Å². The van der Waals surface area contributed by atoms with Crippen molar-refractivity contribution in [2.45, 2.75) is 43.9 Å². The summed E-state index contributed by atoms with van der Waals surface area (Å²) in [5.74, 6) is 0.717. The van der Waals surface area contributed by atoms with Crippen LogP contribution < -0.4 is 11.5 Å². The monoisotopic (exact) mass is 332 g/mol. The number of nitrogen functional groups attached to an aromatic ring is 2. The summed E-state index contributed by atoms with van der Waals surface area (Å²) in [4.78, 5) is 8.57. The summed E-state index contributed by atoms with van der Waals surface area (Å²) in [5.41, 5.74) is 15.6. The van der Waals surface area contributed by atoms with E-state index in [9.17, 15) is 0 Å². The van der Waals surface area contributed by atoms with Gasteiger partial charge in [0, 0.05) is 5.39 Å². The fraction of sp³-hybridized carbons (Fsp3) is 0.333. The van der Waals surface area contributed by atoms with Gasteiger partial charge < -0.3 is 11.5 Å². The van der Waals surface area contributed by atoms with Crippen molar-refractivity contribution in [2.75, 3.05) is 11.5 Å². The Kier molecular flexibility index (Phi) is 4.04. The molecule has 0 aliphatic heterocycles. The first-order valence-corrected chi connectivity index (χ1v) is 9.04. The number of nitrogens with two attached hydrogens (primary N) is 2. The number of anilines is 2. The summed E-state index contributed by atoms with van der Waals surface area (Å²) in [6.07, 6.45) is 7.27. The van der Waals surface area contributed by atoms with Gasteiger partial charge in [-0.3, -0.25) is 0 Å². The second-order valence-corrected chi connectivity index (χ2v) is 7.16. The third-order valence-corrected chi connectivity index (χ3v) is 5.58. The van der Waals surface area contributed by atoms with Gasteiger partial charge in [0.15, 0.2) is 0 Å². The van der Waals surface area contributed by atoms with E-state index in [1.165, 1.54) is 43.2 Å². The number of aromatic nitrogens is 2. The summed E-state index contributed by atoms with van der Waals surface area (Å²) in [7, 11) is 0. The van der Waals surface area contributed by atoms with Gasteiger partial charge in [-0.05, 0) is 41.9 Å². The molecule has 25 heavy (non-hydrogen) atoms. The fourth-order valence-electron chi connectivity index (χ4n) is 4.40. The summed E-state index contributed by atoms with van der Waals surface area (Å²) >= 11 is 0. The van der Waals surface area contributed by atoms with E-state index in [4.69, 9.17) is 11.5 Å². The summed E-state index contributed by atoms with van der Waals surface area (Å²) in [6, 6.07) is 17.1. The van der Waals surface area contributed by atoms with E-state index < -0.39 is 0 Å². The van der Waals surface area contributed by atoms with Gasteiger partial charge in [-0.2, -0.15) is 4.98 Å². The molecule has 0 spiro atoms. The number of rotatable bonds is 3. The molecule has 4 nitrogen and oxygen atoms in total. The van der Waals surface area contributed by atoms with Gasteiger partial charge in [0.25, 0.3) is 0 Å². The predicted molar refractivity (Wildman–Crippen MR) is 103 cm³/mol. The van der Waals surface area contributed by atoms with Crippen molar-refractivity contribution in [2.24, 2.45) is 0 Å². The molecule has 0 atom stereocenters. The van der Waals surface area contributed by atoms with Gasteiger partial charge in [-0.15, -0.1) is 0 Å². The highest BCUT2D eigenvalue weighted by atomic mass is 15.0. The Balaban J connectivity index is 1.83. The molecule has 1 aliphatic carbocycles. The average molecular weight is 332 g/mol. The minimum absolute atomic E-state index is 0.168. The van der Waals surface area contributed by atoms with Crippen LogP contribution in [0.4, 0.5) is 11.8 Å². The zero-order valence-corrected chi connectivity index (χ0v) is 14.4. The van der Waals surface area contributed by atoms with Crippen LogP contribution in [0.25, 0.3) is 10.9 Å². The second kappa shape index (κ2) is 6.36. The Hall–Kier alpha value is -2.62. The molecule has 1 aliphatic rings. The maximum absolute atomic E-state index is 6.21. The SMILES string of the molecule is Nc1nc(N)c2c(CC3(c4ccccc4)CCCCC3)cccc2n1. The molecule has 4 N–H and O–H groups in total. The highest BCUT2D eigenvalue weighted by Gasteiger charge is 2.34. The van der Waals surface area contributed by atoms with E-state index in [-0.39, 0.29) is 11.4 Å². The van der Waals surface area contributed by atoms with Crippen LogP contribution in [0.2, 0.25) is 0 Å². The first-order valence-electron chi connectivity index (χ1n) is 9.04. The van der Waals surface area contributed by atoms with Crippen LogP contribution in [0, 0.1) is 0 Å². The van der Waals surface area contributed by atoms with Crippen molar-refractivity contribution in [1.82, 2.24) is 9.97 Å². The van der Waals surface area contributed by atoms with Gasteiger partial charge in [-0.1, -0.05) is 61.7 Å². The number of hydrogen-bond donors (Lipinski definition) is 2. The lowest BCUT2D eigenvalue weighted by atomic mass is 9.66. The van der Waals surface area contributed by atoms with E-state index in [1.807, 2.05) is 12.1 Å². The lowest BCUT2D eigenvalue weighted by molar-refractivity contribution is 0.291. The van der Waals surface area contributed by atoms with Gasteiger partial charge in [0.2, 0.25) is 5.95 Å². The van der Waals surface area contributed by atoms with Gasteiger partial charge in [0.05, 0.1) is 5.52 Å². The van der Waals surface area contributed by atoms with E-state index in [0.29, 0.717) is 5.82 Å². The van der Waals surface area contributed by atoms with Crippen LogP contribution in [0.15, 0.2) is 48.5 Å². The van der Waals surface area contributed by atoms with E-state index in [2.05, 4.69) is 46.4 Å². The highest BCUT2D eigenvalue weighted by Crippen LogP contribution is 2.43. The third-order valence-electron chi connectivity index (χ3n) is 5.58. The molecule has 0 bridgehead atoms. The Morgan fingerprint density at radius 1 is 0.840 bits per heavy atom. The van der Waals surface area contributed by atoms with Crippen molar-refractivity contribution < 1.29 is 0 Å². The van der Waals surface area contributed by atoms with E-state index in [0.717, 1.165) is 17.3 Å². The van der Waals surface area contributed by atoms with Gasteiger partial charge >= 0.3 is 0 Å². The molecule has 1 aromatic heterocycles. The minimum Gasteiger partial charge on any atom is -0.383 e. The molecule has 0 radical (unpaired) electrons. The zero-order chi connectivity index (χ0) is 17.3. The Labute approximate surface area is 148 Å². The van der Waals surface area contributed by atoms with Crippen LogP contribution in [0.5, 0.6) is 0 Å². The zero-order valence-electron chi connectivity index (χ0n) is 14.4. The maximum Gasteiger partial charge on any atom is 0.222 e. The fourth-order valence-corrected chi connectivity index (χ4v) is 4.40. The number of hydrogen-bond acceptors (Lipinski definition) is 4. The Morgan fingerprint density at radius 2 is 1.60 bits per heavy atom. The van der Waals surface area contributed by atoms with E-state index >= 15 is 0 Å². The largest absolute Gasteiger partial charge is 0.383 e. The third kappa shape index (κ3) is 2.93. The molecule has 128 valence electrons. The molecule has 1 heterocycles. The Morgan fingerprint density at radius 3 is 2.36 bits per heavy atom. The maximum atomic E-state index is 6.21. The lowest BCUT2D eigenvalue weighted by Gasteiger charge is -2.38. The molecule has 0 saturated heterocycles. The minimum atomic E-state index is 0.168. The molecule has 3 aromatic rings. The quantitative estimate of drug-likeness (QED) is 0.752. The number of nitrogens with zero attached hydrogens (tertiary/aromatic N) is 2. The summed E-state index contributed by atoms with van der Waals surface area (Å²) < 4.78 is 0. The first kappa shape index (κ1) is 15.9. The van der Waals surface area contributed by atoms with Crippen LogP contribution in [-0.2, 0) is 11.8 Å². The molecular formula is C21H24N4. The molecule has 1 saturated carbocycles. The molecule has 4 rings (SSSR count). The normalized spacial score (nSPS) is 16.8. The molecular weight excluding hydrogens is 308 g/mol. The van der Waals surface area contributed by atoms with E-state index in [1.54, 1.807) is 0 Å². The summed E-state index contributed by atoms with van der Waals surface area (Å²) in [5, 5.41) is 0.956. The average Bonchev–Trinajstić information content (AvgIpc) is 2.63. The van der Waals surface area contributed by atoms with Crippen LogP contribution in [0.3, 0.4) is 0 Å². The van der Waals surface area contributed by atoms with Crippen molar-refractivity contribution >= 4 is 22.7 Å². The van der Waals surface area contributed by atoms with Gasteiger partial charge in [-0.25, -0.2) is 4.98 Å². The number of fused-ring (bicyclic) bond motifs is 1. The first-order chi connectivity index (χ1) is 12.2. The molecule has 1 fully saturated rings. The molecule has 4 heteroatoms. The smallest absolute Gasteiger partial charge is 0.222 e. The summed E-state index contributed by atoms with van der Waals surface area (Å²) in [6.45, 7) is 0. The number of benzene rings is 2. The second-order valence-electron chi connectivity index (χ2n) is 7.16. The lowest BCUT2D eigenvalue weighted by Crippen LogP contribution is -2.31. The Bertz CT molecular complexity index is 883. The van der Waals surface area contributed by atoms with Crippen LogP contribution in [-0.4, -0.2) is 9.97 Å². The van der Waals surface area contributed by atoms with Crippen molar-refractivity contribution in [3.05, 3.63) is 59.7 Å². The van der Waals surface area contributed by atoms with Crippen LogP contribution >= 0.6 is 0 Å². The standard InChI is InChI=1S/C21H24N4/c22-19-18-15(8-7-11-17(18)24-20(23)25-19)14-21(12-5-2-6-13-21)16-9-3-1-4-10-16/h1,3-4,7-11H,2,5-6,12-14H2,(H4,22,23,24,25).